The van der Waals surface area contributed by atoms with E-state index in [9.17, 15) is 5.11 Å². The van der Waals surface area contributed by atoms with Crippen LogP contribution in [0.15, 0.2) is 18.3 Å². The van der Waals surface area contributed by atoms with Gasteiger partial charge in [0.25, 0.3) is 0 Å². The van der Waals surface area contributed by atoms with Crippen LogP contribution in [-0.4, -0.2) is 48.0 Å². The Morgan fingerprint density at radius 1 is 1.33 bits per heavy atom. The average Bonchev–Trinajstić information content (AvgIpc) is 3.10. The fourth-order valence-corrected chi connectivity index (χ4v) is 3.83. The summed E-state index contributed by atoms with van der Waals surface area (Å²) >= 11 is 0. The zero-order valence-electron chi connectivity index (χ0n) is 15.2. The van der Waals surface area contributed by atoms with E-state index < -0.39 is 5.60 Å². The van der Waals surface area contributed by atoms with E-state index >= 15 is 0 Å². The molecule has 2 unspecified atom stereocenters. The van der Waals surface area contributed by atoms with Crippen LogP contribution in [0, 0.1) is 5.41 Å². The lowest BCUT2D eigenvalue weighted by Gasteiger charge is -2.58. The Kier molecular flexibility index (Phi) is 5.13. The monoisotopic (exact) mass is 333 g/mol. The van der Waals surface area contributed by atoms with Gasteiger partial charge in [0, 0.05) is 50.8 Å². The quantitative estimate of drug-likeness (QED) is 0.802. The van der Waals surface area contributed by atoms with E-state index in [-0.39, 0.29) is 11.5 Å². The Hall–Kier alpha value is -1.17. The SMILES string of the molecule is CCOC1CC(O)(CNCc2ccc(N3CCCC3)nc2)C1(C)C. The van der Waals surface area contributed by atoms with E-state index in [1.165, 1.54) is 12.8 Å². The van der Waals surface area contributed by atoms with Crippen molar-refractivity contribution in [3.63, 3.8) is 0 Å². The molecule has 1 saturated carbocycles. The van der Waals surface area contributed by atoms with Crippen molar-refractivity contribution in [2.45, 2.75) is 58.3 Å². The number of pyridine rings is 1. The lowest BCUT2D eigenvalue weighted by Crippen LogP contribution is -2.68. The van der Waals surface area contributed by atoms with Crippen LogP contribution >= 0.6 is 0 Å². The Morgan fingerprint density at radius 3 is 2.67 bits per heavy atom. The number of nitrogens with one attached hydrogen (secondary N) is 1. The molecule has 0 spiro atoms. The lowest BCUT2D eigenvalue weighted by atomic mass is 9.56. The predicted molar refractivity (Wildman–Crippen MR) is 96.2 cm³/mol. The predicted octanol–water partition coefficient (Wildman–Crippen LogP) is 2.34. The van der Waals surface area contributed by atoms with Crippen LogP contribution in [0.2, 0.25) is 0 Å². The van der Waals surface area contributed by atoms with Crippen LogP contribution in [0.3, 0.4) is 0 Å². The largest absolute Gasteiger partial charge is 0.388 e. The van der Waals surface area contributed by atoms with Crippen LogP contribution < -0.4 is 10.2 Å². The Morgan fingerprint density at radius 2 is 2.08 bits per heavy atom. The summed E-state index contributed by atoms with van der Waals surface area (Å²) in [4.78, 5) is 6.92. The van der Waals surface area contributed by atoms with Gasteiger partial charge in [0.05, 0.1) is 11.7 Å². The van der Waals surface area contributed by atoms with Gasteiger partial charge in [0.2, 0.25) is 0 Å². The standard InChI is InChI=1S/C19H31N3O2/c1-4-24-16-11-19(23,18(16,2)3)14-20-12-15-7-8-17(21-13-15)22-9-5-6-10-22/h7-8,13,16,20,23H,4-6,9-12,14H2,1-3H3. The molecule has 5 nitrogen and oxygen atoms in total. The van der Waals surface area contributed by atoms with E-state index in [0.717, 1.165) is 31.0 Å². The van der Waals surface area contributed by atoms with Crippen molar-refractivity contribution in [1.82, 2.24) is 10.3 Å². The molecule has 5 heteroatoms. The number of nitrogens with zero attached hydrogens (tertiary/aromatic N) is 2. The van der Waals surface area contributed by atoms with Crippen LogP contribution in [0.25, 0.3) is 0 Å². The molecule has 0 radical (unpaired) electrons. The second kappa shape index (κ2) is 6.98. The summed E-state index contributed by atoms with van der Waals surface area (Å²) in [6, 6.07) is 4.24. The number of rotatable bonds is 7. The Labute approximate surface area is 145 Å². The third kappa shape index (κ3) is 3.30. The average molecular weight is 333 g/mol. The topological polar surface area (TPSA) is 57.6 Å². The normalized spacial score (nSPS) is 28.8. The summed E-state index contributed by atoms with van der Waals surface area (Å²) < 4.78 is 5.71. The minimum absolute atomic E-state index is 0.149. The first-order chi connectivity index (χ1) is 11.5. The number of anilines is 1. The highest BCUT2D eigenvalue weighted by Crippen LogP contribution is 2.50. The number of hydrogen-bond donors (Lipinski definition) is 2. The molecule has 2 fully saturated rings. The van der Waals surface area contributed by atoms with Gasteiger partial charge in [-0.1, -0.05) is 19.9 Å². The third-order valence-electron chi connectivity index (χ3n) is 5.88. The van der Waals surface area contributed by atoms with Crippen molar-refractivity contribution in [2.24, 2.45) is 5.41 Å². The second-order valence-electron chi connectivity index (χ2n) is 7.72. The molecule has 0 aromatic carbocycles. The maximum absolute atomic E-state index is 10.8. The summed E-state index contributed by atoms with van der Waals surface area (Å²) in [7, 11) is 0. The van der Waals surface area contributed by atoms with Gasteiger partial charge in [-0.25, -0.2) is 4.98 Å². The van der Waals surface area contributed by atoms with Crippen molar-refractivity contribution in [3.8, 4) is 0 Å². The highest BCUT2D eigenvalue weighted by Gasteiger charge is 2.59. The molecule has 0 bridgehead atoms. The molecule has 1 saturated heterocycles. The molecular weight excluding hydrogens is 302 g/mol. The third-order valence-corrected chi connectivity index (χ3v) is 5.88. The Bertz CT molecular complexity index is 540. The van der Waals surface area contributed by atoms with Gasteiger partial charge in [-0.2, -0.15) is 0 Å². The highest BCUT2D eigenvalue weighted by molar-refractivity contribution is 5.40. The fraction of sp³-hybridized carbons (Fsp3) is 0.737. The van der Waals surface area contributed by atoms with Crippen LogP contribution in [0.4, 0.5) is 5.82 Å². The number of aromatic nitrogens is 1. The first-order valence-electron chi connectivity index (χ1n) is 9.21. The zero-order valence-corrected chi connectivity index (χ0v) is 15.2. The molecule has 2 N–H and O–H groups in total. The number of aliphatic hydroxyl groups is 1. The van der Waals surface area contributed by atoms with E-state index in [0.29, 0.717) is 19.6 Å². The van der Waals surface area contributed by atoms with Crippen molar-refractivity contribution >= 4 is 5.82 Å². The van der Waals surface area contributed by atoms with Crippen molar-refractivity contribution in [1.29, 1.82) is 0 Å². The second-order valence-corrected chi connectivity index (χ2v) is 7.72. The molecular formula is C19H31N3O2. The smallest absolute Gasteiger partial charge is 0.128 e. The highest BCUT2D eigenvalue weighted by atomic mass is 16.5. The summed E-state index contributed by atoms with van der Waals surface area (Å²) in [5.74, 6) is 1.08. The van der Waals surface area contributed by atoms with Gasteiger partial charge in [-0.15, -0.1) is 0 Å². The van der Waals surface area contributed by atoms with Crippen molar-refractivity contribution in [3.05, 3.63) is 23.9 Å². The maximum atomic E-state index is 10.8. The molecule has 1 aliphatic heterocycles. The van der Waals surface area contributed by atoms with Crippen molar-refractivity contribution in [2.75, 3.05) is 31.1 Å². The van der Waals surface area contributed by atoms with E-state index in [2.05, 4.69) is 41.2 Å². The molecule has 1 aromatic heterocycles. The number of ether oxygens (including phenoxy) is 1. The molecule has 2 atom stereocenters. The molecule has 2 heterocycles. The Balaban J connectivity index is 1.48. The van der Waals surface area contributed by atoms with E-state index in [4.69, 9.17) is 4.74 Å². The summed E-state index contributed by atoms with van der Waals surface area (Å²) in [5, 5.41) is 14.2. The molecule has 24 heavy (non-hydrogen) atoms. The van der Waals surface area contributed by atoms with E-state index in [1.54, 1.807) is 0 Å². The molecule has 0 amide bonds. The van der Waals surface area contributed by atoms with Gasteiger partial charge < -0.3 is 20.1 Å². The maximum Gasteiger partial charge on any atom is 0.128 e. The van der Waals surface area contributed by atoms with Crippen LogP contribution in [-0.2, 0) is 11.3 Å². The fourth-order valence-electron chi connectivity index (χ4n) is 3.83. The van der Waals surface area contributed by atoms with Crippen LogP contribution in [0.1, 0.15) is 45.6 Å². The summed E-state index contributed by atoms with van der Waals surface area (Å²) in [5.41, 5.74) is 0.240. The summed E-state index contributed by atoms with van der Waals surface area (Å²) in [6.07, 6.45) is 5.33. The molecule has 1 aliphatic carbocycles. The first-order valence-corrected chi connectivity index (χ1v) is 9.21. The lowest BCUT2D eigenvalue weighted by molar-refractivity contribution is -0.238. The molecule has 134 valence electrons. The van der Waals surface area contributed by atoms with Crippen LogP contribution in [0.5, 0.6) is 0 Å². The number of hydrogen-bond acceptors (Lipinski definition) is 5. The van der Waals surface area contributed by atoms with Gasteiger partial charge in [-0.3, -0.25) is 0 Å². The van der Waals surface area contributed by atoms with Crippen molar-refractivity contribution < 1.29 is 9.84 Å². The molecule has 3 rings (SSSR count). The minimum Gasteiger partial charge on any atom is -0.388 e. The van der Waals surface area contributed by atoms with E-state index in [1.807, 2.05) is 13.1 Å². The molecule has 1 aromatic rings. The minimum atomic E-state index is -0.699. The zero-order chi connectivity index (χ0) is 17.2. The van der Waals surface area contributed by atoms with Gasteiger partial charge in [-0.05, 0) is 31.4 Å². The van der Waals surface area contributed by atoms with Gasteiger partial charge in [0.1, 0.15) is 5.82 Å². The van der Waals surface area contributed by atoms with Gasteiger partial charge in [0.15, 0.2) is 0 Å². The molecule has 2 aliphatic rings. The summed E-state index contributed by atoms with van der Waals surface area (Å²) in [6.45, 7) is 10.4. The van der Waals surface area contributed by atoms with Gasteiger partial charge >= 0.3 is 0 Å². The first kappa shape index (κ1) is 17.6.